The monoisotopic (exact) mass is 529 g/mol. The SMILES string of the molecule is CC[C@H](C(=O)NC1CCCC1)N(Cc1ccc(C)cc1)C(=O)CN(c1cc(C)ccc1OC)S(C)(=O)=O. The van der Waals surface area contributed by atoms with E-state index in [1.807, 2.05) is 51.1 Å². The van der Waals surface area contributed by atoms with Gasteiger partial charge < -0.3 is 15.0 Å². The number of carbonyl (C=O) groups excluding carboxylic acids is 2. The minimum Gasteiger partial charge on any atom is -0.495 e. The van der Waals surface area contributed by atoms with Crippen LogP contribution in [0.4, 0.5) is 5.69 Å². The maximum atomic E-state index is 13.9. The molecular weight excluding hydrogens is 490 g/mol. The second-order valence-corrected chi connectivity index (χ2v) is 11.8. The summed E-state index contributed by atoms with van der Waals surface area (Å²) in [5.74, 6) is -0.309. The van der Waals surface area contributed by atoms with Crippen LogP contribution in [-0.2, 0) is 26.2 Å². The molecule has 0 saturated heterocycles. The highest BCUT2D eigenvalue weighted by Crippen LogP contribution is 2.31. The number of ether oxygens (including phenoxy) is 1. The first-order valence-electron chi connectivity index (χ1n) is 12.8. The normalized spacial score (nSPS) is 14.7. The first-order chi connectivity index (χ1) is 17.5. The fourth-order valence-corrected chi connectivity index (χ4v) is 5.61. The van der Waals surface area contributed by atoms with E-state index in [-0.39, 0.29) is 24.2 Å². The van der Waals surface area contributed by atoms with Crippen molar-refractivity contribution < 1.29 is 22.7 Å². The Bertz CT molecular complexity index is 1190. The smallest absolute Gasteiger partial charge is 0.244 e. The summed E-state index contributed by atoms with van der Waals surface area (Å²) < 4.78 is 32.2. The van der Waals surface area contributed by atoms with Gasteiger partial charge in [-0.3, -0.25) is 13.9 Å². The lowest BCUT2D eigenvalue weighted by atomic mass is 10.1. The van der Waals surface area contributed by atoms with Gasteiger partial charge >= 0.3 is 0 Å². The molecule has 0 spiro atoms. The van der Waals surface area contributed by atoms with Crippen LogP contribution in [0.1, 0.15) is 55.7 Å². The molecule has 1 aliphatic rings. The number of hydrogen-bond acceptors (Lipinski definition) is 5. The molecule has 8 nitrogen and oxygen atoms in total. The lowest BCUT2D eigenvalue weighted by Crippen LogP contribution is -2.53. The molecule has 0 heterocycles. The number of nitrogens with one attached hydrogen (secondary N) is 1. The molecule has 1 aliphatic carbocycles. The Morgan fingerprint density at radius 2 is 1.68 bits per heavy atom. The van der Waals surface area contributed by atoms with Gasteiger partial charge in [-0.25, -0.2) is 8.42 Å². The highest BCUT2D eigenvalue weighted by Gasteiger charge is 2.33. The Morgan fingerprint density at radius 1 is 1.05 bits per heavy atom. The van der Waals surface area contributed by atoms with Gasteiger partial charge in [0.05, 0.1) is 19.1 Å². The van der Waals surface area contributed by atoms with E-state index in [4.69, 9.17) is 4.74 Å². The average Bonchev–Trinajstić information content (AvgIpc) is 3.35. The molecule has 0 bridgehead atoms. The maximum Gasteiger partial charge on any atom is 0.244 e. The molecule has 1 fully saturated rings. The van der Waals surface area contributed by atoms with Gasteiger partial charge in [-0.15, -0.1) is 0 Å². The second-order valence-electron chi connectivity index (χ2n) is 9.87. The Labute approximate surface area is 221 Å². The zero-order valence-corrected chi connectivity index (χ0v) is 23.3. The fraction of sp³-hybridized carbons (Fsp3) is 0.500. The van der Waals surface area contributed by atoms with Crippen molar-refractivity contribution in [3.8, 4) is 5.75 Å². The number of sulfonamides is 1. The number of nitrogens with zero attached hydrogens (tertiary/aromatic N) is 2. The van der Waals surface area contributed by atoms with E-state index in [9.17, 15) is 18.0 Å². The standard InChI is InChI=1S/C28H39N3O5S/c1-6-24(28(33)29-23-9-7-8-10-23)30(18-22-14-11-20(2)12-15-22)27(32)19-31(37(5,34)35)25-17-21(3)13-16-26(25)36-4/h11-17,23-24H,6-10,18-19H2,1-5H3,(H,29,33)/t24-/m1/s1. The van der Waals surface area contributed by atoms with Crippen LogP contribution in [0.2, 0.25) is 0 Å². The Morgan fingerprint density at radius 3 is 2.24 bits per heavy atom. The van der Waals surface area contributed by atoms with E-state index in [1.165, 1.54) is 12.0 Å². The summed E-state index contributed by atoms with van der Waals surface area (Å²) in [6.45, 7) is 5.44. The number of amides is 2. The van der Waals surface area contributed by atoms with Crippen molar-refractivity contribution in [2.45, 2.75) is 71.5 Å². The highest BCUT2D eigenvalue weighted by molar-refractivity contribution is 7.92. The fourth-order valence-electron chi connectivity index (χ4n) is 4.77. The Kier molecular flexibility index (Phi) is 9.59. The van der Waals surface area contributed by atoms with Crippen molar-refractivity contribution >= 4 is 27.5 Å². The van der Waals surface area contributed by atoms with Gasteiger partial charge in [-0.2, -0.15) is 0 Å². The van der Waals surface area contributed by atoms with E-state index in [0.717, 1.165) is 52.9 Å². The first kappa shape index (κ1) is 28.5. The summed E-state index contributed by atoms with van der Waals surface area (Å²) in [6, 6.07) is 12.3. The molecular formula is C28H39N3O5S. The van der Waals surface area contributed by atoms with Gasteiger partial charge in [-0.05, 0) is 56.4 Å². The van der Waals surface area contributed by atoms with Crippen LogP contribution in [0, 0.1) is 13.8 Å². The highest BCUT2D eigenvalue weighted by atomic mass is 32.2. The zero-order chi connectivity index (χ0) is 27.2. The number of methoxy groups -OCH3 is 1. The largest absolute Gasteiger partial charge is 0.495 e. The first-order valence-corrected chi connectivity index (χ1v) is 14.7. The van der Waals surface area contributed by atoms with E-state index in [0.29, 0.717) is 12.2 Å². The molecule has 0 aromatic heterocycles. The number of anilines is 1. The molecule has 37 heavy (non-hydrogen) atoms. The molecule has 9 heteroatoms. The summed E-state index contributed by atoms with van der Waals surface area (Å²) in [6.07, 6.45) is 5.50. The molecule has 2 aromatic carbocycles. The number of rotatable bonds is 11. The second kappa shape index (κ2) is 12.4. The molecule has 0 radical (unpaired) electrons. The third-order valence-corrected chi connectivity index (χ3v) is 7.97. The van der Waals surface area contributed by atoms with Gasteiger partial charge in [0.1, 0.15) is 18.3 Å². The van der Waals surface area contributed by atoms with Gasteiger partial charge in [0, 0.05) is 12.6 Å². The van der Waals surface area contributed by atoms with Crippen molar-refractivity contribution in [2.24, 2.45) is 0 Å². The lowest BCUT2D eigenvalue weighted by Gasteiger charge is -2.33. The topological polar surface area (TPSA) is 96.0 Å². The Balaban J connectivity index is 1.96. The minimum absolute atomic E-state index is 0.113. The van der Waals surface area contributed by atoms with Crippen molar-refractivity contribution in [1.29, 1.82) is 0 Å². The van der Waals surface area contributed by atoms with E-state index >= 15 is 0 Å². The molecule has 3 rings (SSSR count). The number of hydrogen-bond donors (Lipinski definition) is 1. The number of carbonyl (C=O) groups is 2. The molecule has 1 N–H and O–H groups in total. The zero-order valence-electron chi connectivity index (χ0n) is 22.5. The van der Waals surface area contributed by atoms with Gasteiger partial charge in [0.25, 0.3) is 0 Å². The minimum atomic E-state index is -3.84. The molecule has 202 valence electrons. The summed E-state index contributed by atoms with van der Waals surface area (Å²) in [5, 5.41) is 3.12. The number of aryl methyl sites for hydroxylation is 2. The maximum absolute atomic E-state index is 13.9. The van der Waals surface area contributed by atoms with Crippen molar-refractivity contribution in [1.82, 2.24) is 10.2 Å². The third kappa shape index (κ3) is 7.47. The van der Waals surface area contributed by atoms with Gasteiger partial charge in [-0.1, -0.05) is 55.7 Å². The van der Waals surface area contributed by atoms with Gasteiger partial charge in [0.2, 0.25) is 21.8 Å². The van der Waals surface area contributed by atoms with Crippen LogP contribution >= 0.6 is 0 Å². The molecule has 0 unspecified atom stereocenters. The van der Waals surface area contributed by atoms with Crippen molar-refractivity contribution in [2.75, 3.05) is 24.2 Å². The van der Waals surface area contributed by atoms with E-state index in [1.54, 1.807) is 12.1 Å². The quantitative estimate of drug-likeness (QED) is 0.476. The summed E-state index contributed by atoms with van der Waals surface area (Å²) in [4.78, 5) is 28.7. The number of benzene rings is 2. The van der Waals surface area contributed by atoms with Crippen LogP contribution in [0.25, 0.3) is 0 Å². The lowest BCUT2D eigenvalue weighted by molar-refractivity contribution is -0.140. The van der Waals surface area contributed by atoms with Crippen molar-refractivity contribution in [3.63, 3.8) is 0 Å². The van der Waals surface area contributed by atoms with E-state index in [2.05, 4.69) is 5.32 Å². The molecule has 0 aliphatic heterocycles. The third-order valence-electron chi connectivity index (χ3n) is 6.84. The van der Waals surface area contributed by atoms with Crippen molar-refractivity contribution in [3.05, 3.63) is 59.2 Å². The molecule has 1 saturated carbocycles. The van der Waals surface area contributed by atoms with Gasteiger partial charge in [0.15, 0.2) is 0 Å². The summed E-state index contributed by atoms with van der Waals surface area (Å²) in [5.41, 5.74) is 3.07. The predicted octanol–water partition coefficient (Wildman–Crippen LogP) is 3.94. The summed E-state index contributed by atoms with van der Waals surface area (Å²) in [7, 11) is -2.38. The summed E-state index contributed by atoms with van der Waals surface area (Å²) >= 11 is 0. The molecule has 2 amide bonds. The van der Waals surface area contributed by atoms with E-state index < -0.39 is 28.5 Å². The molecule has 1 atom stereocenters. The molecule has 2 aromatic rings. The Hall–Kier alpha value is -3.07. The van der Waals surface area contributed by atoms with Crippen LogP contribution in [-0.4, -0.2) is 57.1 Å². The van der Waals surface area contributed by atoms with Crippen LogP contribution in [0.3, 0.4) is 0 Å². The van der Waals surface area contributed by atoms with Crippen LogP contribution < -0.4 is 14.4 Å². The predicted molar refractivity (Wildman–Crippen MR) is 146 cm³/mol. The average molecular weight is 530 g/mol. The van der Waals surface area contributed by atoms with Crippen LogP contribution in [0.5, 0.6) is 5.75 Å². The van der Waals surface area contributed by atoms with Crippen LogP contribution in [0.15, 0.2) is 42.5 Å².